The van der Waals surface area contributed by atoms with Gasteiger partial charge in [0.05, 0.1) is 7.11 Å². The number of rotatable bonds is 3. The zero-order chi connectivity index (χ0) is 13.5. The number of benzene rings is 2. The van der Waals surface area contributed by atoms with Crippen LogP contribution in [-0.2, 0) is 0 Å². The lowest BCUT2D eigenvalue weighted by atomic mass is 10.0. The van der Waals surface area contributed by atoms with Gasteiger partial charge >= 0.3 is 0 Å². The maximum Gasteiger partial charge on any atom is 0.133 e. The third kappa shape index (κ3) is 2.22. The van der Waals surface area contributed by atoms with Crippen LogP contribution in [0.4, 0.5) is 0 Å². The van der Waals surface area contributed by atoms with Gasteiger partial charge in [-0.05, 0) is 23.3 Å². The zero-order valence-corrected chi connectivity index (χ0v) is 12.0. The maximum absolute atomic E-state index is 6.45. The van der Waals surface area contributed by atoms with Crippen molar-refractivity contribution in [3.63, 3.8) is 0 Å². The third-order valence-corrected chi connectivity index (χ3v) is 4.63. The van der Waals surface area contributed by atoms with E-state index in [1.165, 1.54) is 5.56 Å². The second-order valence-corrected chi connectivity index (χ2v) is 6.26. The van der Waals surface area contributed by atoms with Crippen LogP contribution in [0.2, 0.25) is 0 Å². The fourth-order valence-electron chi connectivity index (χ4n) is 2.63. The molecule has 1 aliphatic carbocycles. The fourth-order valence-corrected chi connectivity index (χ4v) is 3.51. The molecule has 1 nitrogen and oxygen atoms in total. The Hall–Kier alpha value is -1.18. The Balaban J connectivity index is 1.89. The quantitative estimate of drug-likeness (QED) is 0.742. The van der Waals surface area contributed by atoms with Crippen LogP contribution in [0.5, 0.6) is 5.75 Å². The van der Waals surface area contributed by atoms with Crippen LogP contribution in [0.25, 0.3) is 0 Å². The standard InChI is InChI=1S/C16H14Cl2O/c1-19-13-9-7-12(8-10-13)15-14(16(15,17)18)11-5-3-2-4-6-11/h2-10,14-15H,1H3/t14-,15+/m1/s1. The molecule has 98 valence electrons. The largest absolute Gasteiger partial charge is 0.497 e. The molecule has 0 N–H and O–H groups in total. The van der Waals surface area contributed by atoms with E-state index in [1.807, 2.05) is 42.5 Å². The van der Waals surface area contributed by atoms with Crippen LogP contribution in [-0.4, -0.2) is 11.4 Å². The summed E-state index contributed by atoms with van der Waals surface area (Å²) in [6, 6.07) is 18.1. The number of halogens is 2. The van der Waals surface area contributed by atoms with Crippen LogP contribution in [0.15, 0.2) is 54.6 Å². The first-order chi connectivity index (χ1) is 9.14. The molecule has 0 unspecified atom stereocenters. The van der Waals surface area contributed by atoms with Crippen molar-refractivity contribution in [1.82, 2.24) is 0 Å². The summed E-state index contributed by atoms with van der Waals surface area (Å²) in [4.78, 5) is 0. The fraction of sp³-hybridized carbons (Fsp3) is 0.250. The second-order valence-electron chi connectivity index (χ2n) is 4.81. The van der Waals surface area contributed by atoms with Gasteiger partial charge in [-0.1, -0.05) is 42.5 Å². The van der Waals surface area contributed by atoms with Gasteiger partial charge in [0.25, 0.3) is 0 Å². The Kier molecular flexibility index (Phi) is 3.20. The van der Waals surface area contributed by atoms with Crippen molar-refractivity contribution in [2.75, 3.05) is 7.11 Å². The molecular weight excluding hydrogens is 279 g/mol. The maximum atomic E-state index is 6.45. The van der Waals surface area contributed by atoms with E-state index in [1.54, 1.807) is 7.11 Å². The SMILES string of the molecule is COc1ccc([C@H]2[C@@H](c3ccccc3)C2(Cl)Cl)cc1. The van der Waals surface area contributed by atoms with Gasteiger partial charge in [0.2, 0.25) is 0 Å². The Morgan fingerprint density at radius 1 is 0.842 bits per heavy atom. The van der Waals surface area contributed by atoms with E-state index in [2.05, 4.69) is 12.1 Å². The second kappa shape index (κ2) is 4.73. The lowest BCUT2D eigenvalue weighted by molar-refractivity contribution is 0.414. The number of methoxy groups -OCH3 is 1. The molecule has 2 atom stereocenters. The number of hydrogen-bond donors (Lipinski definition) is 0. The summed E-state index contributed by atoms with van der Waals surface area (Å²) < 4.78 is 4.45. The summed E-state index contributed by atoms with van der Waals surface area (Å²) in [5.41, 5.74) is 2.34. The van der Waals surface area contributed by atoms with Gasteiger partial charge in [0, 0.05) is 11.8 Å². The molecule has 0 radical (unpaired) electrons. The zero-order valence-electron chi connectivity index (χ0n) is 10.5. The monoisotopic (exact) mass is 292 g/mol. The Bertz CT molecular complexity index is 563. The molecule has 0 spiro atoms. The summed E-state index contributed by atoms with van der Waals surface area (Å²) in [7, 11) is 1.66. The molecule has 0 bridgehead atoms. The smallest absolute Gasteiger partial charge is 0.133 e. The van der Waals surface area contributed by atoms with Crippen molar-refractivity contribution >= 4 is 23.2 Å². The highest BCUT2D eigenvalue weighted by Gasteiger charge is 2.64. The molecule has 0 amide bonds. The molecular formula is C16H14Cl2O. The van der Waals surface area contributed by atoms with Gasteiger partial charge in [-0.3, -0.25) is 0 Å². The minimum Gasteiger partial charge on any atom is -0.497 e. The minimum absolute atomic E-state index is 0.143. The number of hydrogen-bond acceptors (Lipinski definition) is 1. The van der Waals surface area contributed by atoms with Crippen molar-refractivity contribution < 1.29 is 4.74 Å². The summed E-state index contributed by atoms with van der Waals surface area (Å²) in [5.74, 6) is 1.14. The molecule has 1 saturated carbocycles. The summed E-state index contributed by atoms with van der Waals surface area (Å²) in [5, 5.41) is 0. The number of alkyl halides is 2. The first-order valence-corrected chi connectivity index (χ1v) is 6.97. The first-order valence-electron chi connectivity index (χ1n) is 6.21. The normalized spacial score (nSPS) is 23.9. The average molecular weight is 293 g/mol. The number of ether oxygens (including phenoxy) is 1. The van der Waals surface area contributed by atoms with Gasteiger partial charge in [-0.25, -0.2) is 0 Å². The van der Waals surface area contributed by atoms with Gasteiger partial charge in [0.1, 0.15) is 10.1 Å². The third-order valence-electron chi connectivity index (χ3n) is 3.69. The van der Waals surface area contributed by atoms with Gasteiger partial charge in [-0.15, -0.1) is 23.2 Å². The van der Waals surface area contributed by atoms with Crippen molar-refractivity contribution in [3.8, 4) is 5.75 Å². The summed E-state index contributed by atoms with van der Waals surface area (Å²) in [6.45, 7) is 0. The lowest BCUT2D eigenvalue weighted by Crippen LogP contribution is -1.90. The van der Waals surface area contributed by atoms with Crippen molar-refractivity contribution in [2.24, 2.45) is 0 Å². The molecule has 1 fully saturated rings. The molecule has 0 aliphatic heterocycles. The molecule has 2 aromatic rings. The molecule has 3 heteroatoms. The van der Waals surface area contributed by atoms with E-state index < -0.39 is 4.33 Å². The van der Waals surface area contributed by atoms with E-state index in [0.717, 1.165) is 11.3 Å². The van der Waals surface area contributed by atoms with Crippen LogP contribution >= 0.6 is 23.2 Å². The Labute approximate surface area is 123 Å². The van der Waals surface area contributed by atoms with Crippen LogP contribution < -0.4 is 4.74 Å². The molecule has 2 aromatic carbocycles. The van der Waals surface area contributed by atoms with E-state index in [0.29, 0.717) is 0 Å². The van der Waals surface area contributed by atoms with E-state index in [4.69, 9.17) is 27.9 Å². The molecule has 0 heterocycles. The van der Waals surface area contributed by atoms with E-state index in [-0.39, 0.29) is 11.8 Å². The van der Waals surface area contributed by atoms with Crippen LogP contribution in [0.1, 0.15) is 23.0 Å². The van der Waals surface area contributed by atoms with Gasteiger partial charge in [0.15, 0.2) is 0 Å². The van der Waals surface area contributed by atoms with Gasteiger partial charge in [-0.2, -0.15) is 0 Å². The highest BCUT2D eigenvalue weighted by atomic mass is 35.5. The lowest BCUT2D eigenvalue weighted by Gasteiger charge is -2.03. The first kappa shape index (κ1) is 12.8. The highest BCUT2D eigenvalue weighted by Crippen LogP contribution is 2.70. The summed E-state index contributed by atoms with van der Waals surface area (Å²) in [6.07, 6.45) is 0. The van der Waals surface area contributed by atoms with Gasteiger partial charge < -0.3 is 4.74 Å². The predicted molar refractivity (Wildman–Crippen MR) is 79.4 cm³/mol. The topological polar surface area (TPSA) is 9.23 Å². The molecule has 1 aliphatic rings. The molecule has 0 saturated heterocycles. The van der Waals surface area contributed by atoms with E-state index >= 15 is 0 Å². The van der Waals surface area contributed by atoms with Crippen molar-refractivity contribution in [2.45, 2.75) is 16.2 Å². The van der Waals surface area contributed by atoms with Crippen LogP contribution in [0, 0.1) is 0 Å². The average Bonchev–Trinajstić information content (AvgIpc) is 3.02. The van der Waals surface area contributed by atoms with Crippen LogP contribution in [0.3, 0.4) is 0 Å². The minimum atomic E-state index is -0.712. The molecule has 0 aromatic heterocycles. The van der Waals surface area contributed by atoms with E-state index in [9.17, 15) is 0 Å². The Morgan fingerprint density at radius 2 is 1.37 bits per heavy atom. The Morgan fingerprint density at radius 3 is 1.89 bits per heavy atom. The predicted octanol–water partition coefficient (Wildman–Crippen LogP) is 4.75. The molecule has 19 heavy (non-hydrogen) atoms. The van der Waals surface area contributed by atoms with Crippen molar-refractivity contribution in [1.29, 1.82) is 0 Å². The highest BCUT2D eigenvalue weighted by molar-refractivity contribution is 6.52. The summed E-state index contributed by atoms with van der Waals surface area (Å²) >= 11 is 12.9. The molecule has 3 rings (SSSR count). The van der Waals surface area contributed by atoms with Crippen molar-refractivity contribution in [3.05, 3.63) is 65.7 Å².